The molecule has 0 spiro atoms. The van der Waals surface area contributed by atoms with E-state index in [9.17, 15) is 0 Å². The zero-order valence-corrected chi connectivity index (χ0v) is 10.6. The van der Waals surface area contributed by atoms with Crippen LogP contribution >= 0.6 is 11.3 Å². The summed E-state index contributed by atoms with van der Waals surface area (Å²) in [6, 6.07) is 6.86. The fraction of sp³-hybridized carbons (Fsp3) is 0.308. The molecule has 16 heavy (non-hydrogen) atoms. The Morgan fingerprint density at radius 3 is 2.62 bits per heavy atom. The predicted molar refractivity (Wildman–Crippen MR) is 68.9 cm³/mol. The number of nitrogens with zero attached hydrogens (tertiary/aromatic N) is 1. The SMILES string of the molecule is CNC(c1ccc(C)c(C)c1)c1cncs1. The summed E-state index contributed by atoms with van der Waals surface area (Å²) in [4.78, 5) is 5.39. The molecule has 0 amide bonds. The number of rotatable bonds is 3. The second-order valence-electron chi connectivity index (χ2n) is 3.97. The molecule has 0 aliphatic heterocycles. The van der Waals surface area contributed by atoms with Gasteiger partial charge in [-0.2, -0.15) is 0 Å². The Hall–Kier alpha value is -1.19. The molecule has 1 aromatic heterocycles. The van der Waals surface area contributed by atoms with Crippen molar-refractivity contribution in [1.29, 1.82) is 0 Å². The Labute approximate surface area is 100 Å². The number of hydrogen-bond acceptors (Lipinski definition) is 3. The Bertz CT molecular complexity index is 463. The van der Waals surface area contributed by atoms with Gasteiger partial charge in [0.05, 0.1) is 11.6 Å². The van der Waals surface area contributed by atoms with E-state index in [4.69, 9.17) is 0 Å². The van der Waals surface area contributed by atoms with Gasteiger partial charge in [0, 0.05) is 11.1 Å². The Kier molecular flexibility index (Phi) is 3.36. The zero-order valence-electron chi connectivity index (χ0n) is 9.82. The molecule has 1 aromatic carbocycles. The van der Waals surface area contributed by atoms with Crippen molar-refractivity contribution in [2.24, 2.45) is 0 Å². The zero-order chi connectivity index (χ0) is 11.5. The maximum absolute atomic E-state index is 4.14. The number of thiazole rings is 1. The minimum absolute atomic E-state index is 0.256. The van der Waals surface area contributed by atoms with Crippen LogP contribution in [0.2, 0.25) is 0 Å². The maximum Gasteiger partial charge on any atom is 0.0794 e. The lowest BCUT2D eigenvalue weighted by Gasteiger charge is -2.15. The first-order chi connectivity index (χ1) is 7.72. The fourth-order valence-corrected chi connectivity index (χ4v) is 2.54. The van der Waals surface area contributed by atoms with Gasteiger partial charge in [-0.3, -0.25) is 4.98 Å². The van der Waals surface area contributed by atoms with Crippen molar-refractivity contribution in [1.82, 2.24) is 10.3 Å². The Morgan fingerprint density at radius 2 is 2.06 bits per heavy atom. The van der Waals surface area contributed by atoms with E-state index in [0.717, 1.165) is 0 Å². The Balaban J connectivity index is 2.37. The first kappa shape index (κ1) is 11.3. The summed E-state index contributed by atoms with van der Waals surface area (Å²) in [7, 11) is 1.99. The molecule has 0 saturated heterocycles. The number of aryl methyl sites for hydroxylation is 2. The van der Waals surface area contributed by atoms with Gasteiger partial charge in [-0.15, -0.1) is 11.3 Å². The third-order valence-electron chi connectivity index (χ3n) is 2.89. The minimum atomic E-state index is 0.256. The fourth-order valence-electron chi connectivity index (χ4n) is 1.79. The van der Waals surface area contributed by atoms with Crippen molar-refractivity contribution < 1.29 is 0 Å². The minimum Gasteiger partial charge on any atom is -0.309 e. The maximum atomic E-state index is 4.14. The van der Waals surface area contributed by atoms with Crippen molar-refractivity contribution in [3.63, 3.8) is 0 Å². The third kappa shape index (κ3) is 2.15. The quantitative estimate of drug-likeness (QED) is 0.879. The largest absolute Gasteiger partial charge is 0.309 e. The van der Waals surface area contributed by atoms with E-state index < -0.39 is 0 Å². The highest BCUT2D eigenvalue weighted by molar-refractivity contribution is 7.09. The molecule has 0 aliphatic carbocycles. The average molecular weight is 232 g/mol. The highest BCUT2D eigenvalue weighted by Gasteiger charge is 2.13. The van der Waals surface area contributed by atoms with Gasteiger partial charge in [0.2, 0.25) is 0 Å². The van der Waals surface area contributed by atoms with Gasteiger partial charge < -0.3 is 5.32 Å². The summed E-state index contributed by atoms with van der Waals surface area (Å²) >= 11 is 1.69. The van der Waals surface area contributed by atoms with Crippen molar-refractivity contribution in [3.05, 3.63) is 51.5 Å². The highest BCUT2D eigenvalue weighted by atomic mass is 32.1. The monoisotopic (exact) mass is 232 g/mol. The standard InChI is InChI=1S/C13H16N2S/c1-9-4-5-11(6-10(9)2)13(14-3)12-7-15-8-16-12/h4-8,13-14H,1-3H3. The number of benzene rings is 1. The molecular formula is C13H16N2S. The van der Waals surface area contributed by atoms with Crippen molar-refractivity contribution in [3.8, 4) is 0 Å². The van der Waals surface area contributed by atoms with Gasteiger partial charge >= 0.3 is 0 Å². The first-order valence-electron chi connectivity index (χ1n) is 5.35. The van der Waals surface area contributed by atoms with E-state index in [1.165, 1.54) is 21.6 Å². The van der Waals surface area contributed by atoms with Gasteiger partial charge in [0.25, 0.3) is 0 Å². The second kappa shape index (κ2) is 4.76. The molecule has 3 heteroatoms. The molecule has 1 unspecified atom stereocenters. The van der Waals surface area contributed by atoms with Crippen molar-refractivity contribution >= 4 is 11.3 Å². The van der Waals surface area contributed by atoms with Crippen LogP contribution in [0.3, 0.4) is 0 Å². The van der Waals surface area contributed by atoms with E-state index in [-0.39, 0.29) is 6.04 Å². The Morgan fingerprint density at radius 1 is 1.25 bits per heavy atom. The molecule has 1 N–H and O–H groups in total. The van der Waals surface area contributed by atoms with Crippen LogP contribution in [0.25, 0.3) is 0 Å². The molecular weight excluding hydrogens is 216 g/mol. The van der Waals surface area contributed by atoms with E-state index in [2.05, 4.69) is 42.3 Å². The van der Waals surface area contributed by atoms with Crippen LogP contribution in [-0.2, 0) is 0 Å². The summed E-state index contributed by atoms with van der Waals surface area (Å²) in [5.41, 5.74) is 5.85. The summed E-state index contributed by atoms with van der Waals surface area (Å²) in [5, 5.41) is 3.34. The summed E-state index contributed by atoms with van der Waals surface area (Å²) in [6.07, 6.45) is 1.93. The smallest absolute Gasteiger partial charge is 0.0794 e. The van der Waals surface area contributed by atoms with Crippen LogP contribution in [0.4, 0.5) is 0 Å². The van der Waals surface area contributed by atoms with Crippen LogP contribution in [-0.4, -0.2) is 12.0 Å². The average Bonchev–Trinajstić information content (AvgIpc) is 2.78. The van der Waals surface area contributed by atoms with Gasteiger partial charge in [-0.1, -0.05) is 18.2 Å². The van der Waals surface area contributed by atoms with Crippen LogP contribution < -0.4 is 5.32 Å². The van der Waals surface area contributed by atoms with Gasteiger partial charge in [0.15, 0.2) is 0 Å². The lowest BCUT2D eigenvalue weighted by atomic mass is 10.0. The van der Waals surface area contributed by atoms with Crippen LogP contribution in [0.15, 0.2) is 29.9 Å². The van der Waals surface area contributed by atoms with E-state index in [1.54, 1.807) is 11.3 Å². The molecule has 0 bridgehead atoms. The molecule has 0 saturated carbocycles. The normalized spacial score (nSPS) is 12.7. The first-order valence-corrected chi connectivity index (χ1v) is 6.23. The highest BCUT2D eigenvalue weighted by Crippen LogP contribution is 2.25. The van der Waals surface area contributed by atoms with Gasteiger partial charge in [-0.25, -0.2) is 0 Å². The summed E-state index contributed by atoms with van der Waals surface area (Å²) in [5.74, 6) is 0. The lowest BCUT2D eigenvalue weighted by molar-refractivity contribution is 0.701. The van der Waals surface area contributed by atoms with Crippen LogP contribution in [0.5, 0.6) is 0 Å². The summed E-state index contributed by atoms with van der Waals surface area (Å²) < 4.78 is 0. The predicted octanol–water partition coefficient (Wildman–Crippen LogP) is 3.07. The van der Waals surface area contributed by atoms with Crippen molar-refractivity contribution in [2.75, 3.05) is 7.05 Å². The van der Waals surface area contributed by atoms with E-state index >= 15 is 0 Å². The molecule has 2 nitrogen and oxygen atoms in total. The van der Waals surface area contributed by atoms with Crippen molar-refractivity contribution in [2.45, 2.75) is 19.9 Å². The van der Waals surface area contributed by atoms with Crippen LogP contribution in [0, 0.1) is 13.8 Å². The van der Waals surface area contributed by atoms with Gasteiger partial charge in [0.1, 0.15) is 0 Å². The van der Waals surface area contributed by atoms with Crippen LogP contribution in [0.1, 0.15) is 27.6 Å². The molecule has 1 heterocycles. The molecule has 84 valence electrons. The van der Waals surface area contributed by atoms with Gasteiger partial charge in [-0.05, 0) is 37.6 Å². The molecule has 2 aromatic rings. The molecule has 2 rings (SSSR count). The molecule has 1 atom stereocenters. The molecule has 0 aliphatic rings. The second-order valence-corrected chi connectivity index (χ2v) is 4.89. The number of nitrogens with one attached hydrogen (secondary N) is 1. The van der Waals surface area contributed by atoms with E-state index in [1.807, 2.05) is 18.8 Å². The molecule has 0 fully saturated rings. The number of aromatic nitrogens is 1. The van der Waals surface area contributed by atoms with E-state index in [0.29, 0.717) is 0 Å². The molecule has 0 radical (unpaired) electrons. The number of hydrogen-bond donors (Lipinski definition) is 1. The topological polar surface area (TPSA) is 24.9 Å². The third-order valence-corrected chi connectivity index (χ3v) is 3.73. The lowest BCUT2D eigenvalue weighted by Crippen LogP contribution is -2.16. The summed E-state index contributed by atoms with van der Waals surface area (Å²) in [6.45, 7) is 4.29.